The van der Waals surface area contributed by atoms with Crippen molar-refractivity contribution in [3.8, 4) is 0 Å². The number of rotatable bonds is 9. The quantitative estimate of drug-likeness (QED) is 0.235. The van der Waals surface area contributed by atoms with E-state index in [-0.39, 0.29) is 10.1 Å². The summed E-state index contributed by atoms with van der Waals surface area (Å²) in [4.78, 5) is 14.4. The van der Waals surface area contributed by atoms with Crippen LogP contribution in [0.5, 0.6) is 0 Å². The number of hydrogen-bond acceptors (Lipinski definition) is 5. The maximum absolute atomic E-state index is 13.5. The van der Waals surface area contributed by atoms with Crippen LogP contribution in [0, 0.1) is 6.92 Å². The Bertz CT molecular complexity index is 1390. The average molecular weight is 523 g/mol. The maximum atomic E-state index is 13.5. The van der Waals surface area contributed by atoms with Gasteiger partial charge in [-0.05, 0) is 65.7 Å². The second kappa shape index (κ2) is 11.1. The minimum atomic E-state index is -3.61. The van der Waals surface area contributed by atoms with Crippen molar-refractivity contribution in [2.24, 2.45) is 0 Å². The van der Waals surface area contributed by atoms with Crippen molar-refractivity contribution in [1.29, 1.82) is 0 Å². The van der Waals surface area contributed by atoms with Gasteiger partial charge in [-0.25, -0.2) is 8.42 Å². The lowest BCUT2D eigenvalue weighted by atomic mass is 10.1. The van der Waals surface area contributed by atoms with Gasteiger partial charge in [-0.3, -0.25) is 9.52 Å². The number of aryl methyl sites for hydroxylation is 2. The number of amides is 1. The van der Waals surface area contributed by atoms with Gasteiger partial charge in [0.25, 0.3) is 10.0 Å². The molecule has 0 saturated carbocycles. The van der Waals surface area contributed by atoms with Crippen LogP contribution in [0.3, 0.4) is 0 Å². The van der Waals surface area contributed by atoms with Crippen LogP contribution in [0.1, 0.15) is 28.9 Å². The average Bonchev–Trinajstić information content (AvgIpc) is 3.41. The molecule has 0 spiro atoms. The molecule has 180 valence electrons. The Morgan fingerprint density at radius 1 is 0.943 bits per heavy atom. The number of nitrogens with one attached hydrogen (secondary N) is 2. The number of thioether (sulfide) groups is 1. The highest BCUT2D eigenvalue weighted by molar-refractivity contribution is 8.00. The van der Waals surface area contributed by atoms with Crippen LogP contribution in [0.15, 0.2) is 99.4 Å². The van der Waals surface area contributed by atoms with Gasteiger partial charge in [0.15, 0.2) is 0 Å². The number of carbonyl (C=O) groups is 1. The summed E-state index contributed by atoms with van der Waals surface area (Å²) in [6.07, 6.45) is 0.823. The first-order valence-corrected chi connectivity index (χ1v) is 14.4. The van der Waals surface area contributed by atoms with Gasteiger partial charge in [-0.15, -0.1) is 23.1 Å². The highest BCUT2D eigenvalue weighted by Gasteiger charge is 2.23. The molecule has 0 radical (unpaired) electrons. The standard InChI is InChI=1S/C27H26N2O3S3/c1-3-20-12-7-9-19(2)25(20)28-27(30)26(21-10-5-4-6-11-21)34-23-16-14-22(15-17-23)29-35(31,32)24-13-8-18-33-24/h4-18,26,29H,3H2,1-2H3,(H,28,30). The van der Waals surface area contributed by atoms with Gasteiger partial charge in [0.2, 0.25) is 5.91 Å². The molecule has 0 aliphatic heterocycles. The van der Waals surface area contributed by atoms with Crippen molar-refractivity contribution in [3.05, 3.63) is 107 Å². The molecule has 1 aromatic heterocycles. The lowest BCUT2D eigenvalue weighted by Gasteiger charge is -2.20. The van der Waals surface area contributed by atoms with Crippen molar-refractivity contribution >= 4 is 50.4 Å². The molecule has 4 rings (SSSR count). The van der Waals surface area contributed by atoms with Gasteiger partial charge in [-0.2, -0.15) is 0 Å². The lowest BCUT2D eigenvalue weighted by molar-refractivity contribution is -0.115. The van der Waals surface area contributed by atoms with Crippen LogP contribution in [0.2, 0.25) is 0 Å². The minimum Gasteiger partial charge on any atom is -0.324 e. The zero-order valence-corrected chi connectivity index (χ0v) is 21.8. The molecule has 1 amide bonds. The Hall–Kier alpha value is -3.07. The first-order valence-electron chi connectivity index (χ1n) is 11.1. The van der Waals surface area contributed by atoms with E-state index in [0.717, 1.165) is 33.7 Å². The number of para-hydroxylation sites is 1. The van der Waals surface area contributed by atoms with E-state index in [2.05, 4.69) is 17.0 Å². The molecule has 3 aromatic carbocycles. The summed E-state index contributed by atoms with van der Waals surface area (Å²) in [6.45, 7) is 4.07. The van der Waals surface area contributed by atoms with Crippen LogP contribution in [0.25, 0.3) is 0 Å². The van der Waals surface area contributed by atoms with Gasteiger partial charge in [0.05, 0.1) is 0 Å². The predicted octanol–water partition coefficient (Wildman–Crippen LogP) is 6.89. The van der Waals surface area contributed by atoms with E-state index in [4.69, 9.17) is 0 Å². The monoisotopic (exact) mass is 522 g/mol. The van der Waals surface area contributed by atoms with Crippen LogP contribution in [0.4, 0.5) is 11.4 Å². The number of anilines is 2. The Kier molecular flexibility index (Phi) is 7.95. The van der Waals surface area contributed by atoms with E-state index >= 15 is 0 Å². The van der Waals surface area contributed by atoms with Crippen LogP contribution in [-0.4, -0.2) is 14.3 Å². The zero-order chi connectivity index (χ0) is 24.8. The van der Waals surface area contributed by atoms with E-state index in [1.807, 2.05) is 67.6 Å². The predicted molar refractivity (Wildman–Crippen MR) is 146 cm³/mol. The summed E-state index contributed by atoms with van der Waals surface area (Å²) in [5, 5.41) is 4.40. The molecule has 35 heavy (non-hydrogen) atoms. The van der Waals surface area contributed by atoms with E-state index in [1.165, 1.54) is 23.1 Å². The fourth-order valence-corrected chi connectivity index (χ4v) is 6.73. The Morgan fingerprint density at radius 2 is 1.69 bits per heavy atom. The molecule has 1 heterocycles. The summed E-state index contributed by atoms with van der Waals surface area (Å²) in [5.41, 5.74) is 4.34. The number of thiophene rings is 1. The first-order chi connectivity index (χ1) is 16.9. The number of carbonyl (C=O) groups excluding carboxylic acids is 1. The van der Waals surface area contributed by atoms with Gasteiger partial charge in [-0.1, -0.05) is 61.5 Å². The molecular formula is C27H26N2O3S3. The van der Waals surface area contributed by atoms with Crippen LogP contribution >= 0.6 is 23.1 Å². The Morgan fingerprint density at radius 3 is 2.34 bits per heavy atom. The molecule has 0 fully saturated rings. The smallest absolute Gasteiger partial charge is 0.271 e. The molecule has 4 aromatic rings. The largest absolute Gasteiger partial charge is 0.324 e. The summed E-state index contributed by atoms with van der Waals surface area (Å²) < 4.78 is 27.9. The van der Waals surface area contributed by atoms with Crippen molar-refractivity contribution in [2.45, 2.75) is 34.6 Å². The summed E-state index contributed by atoms with van der Waals surface area (Å²) in [6, 6.07) is 26.0. The van der Waals surface area contributed by atoms with Gasteiger partial charge >= 0.3 is 0 Å². The molecule has 1 atom stereocenters. The Balaban J connectivity index is 1.55. The minimum absolute atomic E-state index is 0.104. The molecule has 1 unspecified atom stereocenters. The molecule has 0 aliphatic carbocycles. The van der Waals surface area contributed by atoms with Crippen molar-refractivity contribution in [2.75, 3.05) is 10.0 Å². The third-order valence-electron chi connectivity index (χ3n) is 5.45. The third kappa shape index (κ3) is 6.14. The fraction of sp³-hybridized carbons (Fsp3) is 0.148. The normalized spacial score (nSPS) is 12.2. The van der Waals surface area contributed by atoms with E-state index in [9.17, 15) is 13.2 Å². The van der Waals surface area contributed by atoms with Gasteiger partial charge in [0.1, 0.15) is 9.46 Å². The SMILES string of the molecule is CCc1cccc(C)c1NC(=O)C(Sc1ccc(NS(=O)(=O)c2cccs2)cc1)c1ccccc1. The van der Waals surface area contributed by atoms with Gasteiger partial charge in [0, 0.05) is 16.3 Å². The highest BCUT2D eigenvalue weighted by Crippen LogP contribution is 2.37. The van der Waals surface area contributed by atoms with E-state index < -0.39 is 15.3 Å². The topological polar surface area (TPSA) is 75.3 Å². The first kappa shape index (κ1) is 25.0. The van der Waals surface area contributed by atoms with Crippen LogP contribution < -0.4 is 10.0 Å². The Labute approximate surface area is 214 Å². The third-order valence-corrected chi connectivity index (χ3v) is 9.49. The van der Waals surface area contributed by atoms with Crippen molar-refractivity contribution in [3.63, 3.8) is 0 Å². The molecular weight excluding hydrogens is 497 g/mol. The zero-order valence-electron chi connectivity index (χ0n) is 19.4. The number of hydrogen-bond donors (Lipinski definition) is 2. The summed E-state index contributed by atoms with van der Waals surface area (Å²) in [5.74, 6) is -0.104. The second-order valence-corrected chi connectivity index (χ2v) is 12.0. The maximum Gasteiger partial charge on any atom is 0.271 e. The summed E-state index contributed by atoms with van der Waals surface area (Å²) >= 11 is 2.59. The molecule has 2 N–H and O–H groups in total. The molecule has 5 nitrogen and oxygen atoms in total. The van der Waals surface area contributed by atoms with E-state index in [0.29, 0.717) is 5.69 Å². The highest BCUT2D eigenvalue weighted by atomic mass is 32.2. The lowest BCUT2D eigenvalue weighted by Crippen LogP contribution is -2.20. The molecule has 0 bridgehead atoms. The summed E-state index contributed by atoms with van der Waals surface area (Å²) in [7, 11) is -3.61. The van der Waals surface area contributed by atoms with Crippen molar-refractivity contribution in [1.82, 2.24) is 0 Å². The number of benzene rings is 3. The van der Waals surface area contributed by atoms with Gasteiger partial charge < -0.3 is 5.32 Å². The van der Waals surface area contributed by atoms with Crippen LogP contribution in [-0.2, 0) is 21.2 Å². The van der Waals surface area contributed by atoms with E-state index in [1.54, 1.807) is 29.6 Å². The molecule has 0 saturated heterocycles. The molecule has 8 heteroatoms. The van der Waals surface area contributed by atoms with Crippen molar-refractivity contribution < 1.29 is 13.2 Å². The fourth-order valence-electron chi connectivity index (χ4n) is 3.65. The number of sulfonamides is 1. The molecule has 0 aliphatic rings. The second-order valence-electron chi connectivity index (χ2n) is 7.92.